The van der Waals surface area contributed by atoms with Crippen molar-refractivity contribution in [3.63, 3.8) is 0 Å². The van der Waals surface area contributed by atoms with E-state index in [0.29, 0.717) is 0 Å². The van der Waals surface area contributed by atoms with Crippen LogP contribution in [0.1, 0.15) is 17.3 Å². The zero-order chi connectivity index (χ0) is 21.8. The summed E-state index contributed by atoms with van der Waals surface area (Å²) in [4.78, 5) is 48.4. The first-order chi connectivity index (χ1) is 14.3. The summed E-state index contributed by atoms with van der Waals surface area (Å²) in [7, 11) is 1.36. The minimum absolute atomic E-state index is 0.0119. The first kappa shape index (κ1) is 20.5. The molecule has 0 bridgehead atoms. The molecule has 0 spiro atoms. The Labute approximate surface area is 169 Å². The molecule has 12 heteroatoms. The average molecular weight is 413 g/mol. The quantitative estimate of drug-likeness (QED) is 0.477. The maximum Gasteiger partial charge on any atom is 0.262 e. The maximum atomic E-state index is 12.9. The second-order valence-corrected chi connectivity index (χ2v) is 6.02. The van der Waals surface area contributed by atoms with Gasteiger partial charge in [-0.1, -0.05) is 0 Å². The van der Waals surface area contributed by atoms with Gasteiger partial charge < -0.3 is 20.9 Å². The molecule has 0 aliphatic heterocycles. The topological polar surface area (TPSA) is 177 Å². The third-order valence-electron chi connectivity index (χ3n) is 4.09. The molecule has 0 unspecified atom stereocenters. The van der Waals surface area contributed by atoms with Crippen molar-refractivity contribution in [1.82, 2.24) is 19.5 Å². The number of carbonyl (C=O) groups is 2. The minimum atomic E-state index is -0.676. The van der Waals surface area contributed by atoms with Crippen LogP contribution < -0.4 is 31.8 Å². The number of carbonyl (C=O) groups excluding carboxylic acids is 2. The number of nitrogens with two attached hydrogens (primary N) is 2. The van der Waals surface area contributed by atoms with E-state index in [1.54, 1.807) is 6.92 Å². The van der Waals surface area contributed by atoms with E-state index in [1.807, 2.05) is 0 Å². The molecule has 0 fully saturated rings. The Balaban J connectivity index is 2.10. The highest BCUT2D eigenvalue weighted by molar-refractivity contribution is 6.03. The molecule has 3 rings (SSSR count). The number of primary amides is 1. The monoisotopic (exact) mass is 413 g/mol. The van der Waals surface area contributed by atoms with Crippen LogP contribution in [-0.4, -0.2) is 45.1 Å². The molecule has 1 aromatic carbocycles. The second kappa shape index (κ2) is 8.43. The first-order valence-electron chi connectivity index (χ1n) is 8.77. The zero-order valence-electron chi connectivity index (χ0n) is 16.2. The van der Waals surface area contributed by atoms with Crippen LogP contribution in [0, 0.1) is 0 Å². The van der Waals surface area contributed by atoms with Crippen molar-refractivity contribution in [2.45, 2.75) is 13.5 Å². The lowest BCUT2D eigenvalue weighted by Crippen LogP contribution is -2.27. The molecular weight excluding hydrogens is 394 g/mol. The number of anilines is 2. The Morgan fingerprint density at radius 3 is 2.53 bits per heavy atom. The molecule has 2 aromatic heterocycles. The fraction of sp³-hybridized carbons (Fsp3) is 0.222. The Hall–Kier alpha value is -4.22. The van der Waals surface area contributed by atoms with E-state index in [1.165, 1.54) is 36.2 Å². The highest BCUT2D eigenvalue weighted by atomic mass is 16.5. The summed E-state index contributed by atoms with van der Waals surface area (Å²) in [5.41, 5.74) is 10.4. The number of ether oxygens (including phenoxy) is 2. The van der Waals surface area contributed by atoms with Crippen LogP contribution in [0.5, 0.6) is 11.5 Å². The molecule has 5 N–H and O–H groups in total. The highest BCUT2D eigenvalue weighted by Gasteiger charge is 2.19. The zero-order valence-corrected chi connectivity index (χ0v) is 16.2. The molecule has 0 saturated heterocycles. The predicted octanol–water partition coefficient (Wildman–Crippen LogP) is -0.0864. The van der Waals surface area contributed by atoms with Crippen LogP contribution in [0.4, 0.5) is 11.9 Å². The normalized spacial score (nSPS) is 10.6. The van der Waals surface area contributed by atoms with Crippen molar-refractivity contribution in [2.75, 3.05) is 24.8 Å². The van der Waals surface area contributed by atoms with Gasteiger partial charge in [-0.3, -0.25) is 24.3 Å². The first-order valence-corrected chi connectivity index (χ1v) is 8.77. The minimum Gasteiger partial charge on any atom is -0.491 e. The van der Waals surface area contributed by atoms with Crippen molar-refractivity contribution >= 4 is 34.6 Å². The fourth-order valence-electron chi connectivity index (χ4n) is 2.72. The summed E-state index contributed by atoms with van der Waals surface area (Å²) in [6.07, 6.45) is 2.51. The Morgan fingerprint density at radius 2 is 1.93 bits per heavy atom. The van der Waals surface area contributed by atoms with Gasteiger partial charge in [-0.15, -0.1) is 0 Å². The van der Waals surface area contributed by atoms with E-state index in [0.717, 1.165) is 0 Å². The molecular formula is C18H19N7O5. The highest BCUT2D eigenvalue weighted by Crippen LogP contribution is 2.33. The van der Waals surface area contributed by atoms with Gasteiger partial charge in [-0.05, 0) is 19.1 Å². The van der Waals surface area contributed by atoms with Gasteiger partial charge in [-0.25, -0.2) is 15.0 Å². The number of amides is 2. The van der Waals surface area contributed by atoms with Crippen LogP contribution in [0.25, 0.3) is 10.9 Å². The van der Waals surface area contributed by atoms with E-state index in [-0.39, 0.29) is 53.0 Å². The van der Waals surface area contributed by atoms with Crippen molar-refractivity contribution in [2.24, 2.45) is 5.73 Å². The Bertz CT molecular complexity index is 1170. The third kappa shape index (κ3) is 3.97. The third-order valence-corrected chi connectivity index (χ3v) is 4.09. The van der Waals surface area contributed by atoms with Crippen molar-refractivity contribution in [3.8, 4) is 11.5 Å². The van der Waals surface area contributed by atoms with Crippen molar-refractivity contribution in [3.05, 3.63) is 40.4 Å². The standard InChI is InChI=1S/C18H19N7O5/c1-3-25-16(28)10-4-5-11(30-8-12(19)26)14(29-2)13(10)23-18(25)24-15(27)9-6-21-17(20)22-7-9/h4-7H,3,8H2,1-2H3,(H2,19,26)(H2,20,21,22)(H,23,24,27). The molecule has 0 saturated carbocycles. The molecule has 0 radical (unpaired) electrons. The number of aromatic nitrogens is 4. The number of methoxy groups -OCH3 is 1. The second-order valence-electron chi connectivity index (χ2n) is 6.02. The van der Waals surface area contributed by atoms with Crippen LogP contribution >= 0.6 is 0 Å². The molecule has 0 aliphatic rings. The Kier molecular flexibility index (Phi) is 5.76. The van der Waals surface area contributed by atoms with Crippen LogP contribution in [-0.2, 0) is 11.3 Å². The fourth-order valence-corrected chi connectivity index (χ4v) is 2.72. The molecule has 12 nitrogen and oxygen atoms in total. The average Bonchev–Trinajstić information content (AvgIpc) is 2.72. The summed E-state index contributed by atoms with van der Waals surface area (Å²) >= 11 is 0. The van der Waals surface area contributed by atoms with Gasteiger partial charge in [0.15, 0.2) is 18.1 Å². The Morgan fingerprint density at radius 1 is 1.23 bits per heavy atom. The number of benzene rings is 1. The molecule has 2 amide bonds. The lowest BCUT2D eigenvalue weighted by atomic mass is 10.2. The van der Waals surface area contributed by atoms with Gasteiger partial charge in [0.1, 0.15) is 5.52 Å². The lowest BCUT2D eigenvalue weighted by molar-refractivity contribution is -0.119. The van der Waals surface area contributed by atoms with Gasteiger partial charge in [0.25, 0.3) is 17.4 Å². The molecule has 2 heterocycles. The number of fused-ring (bicyclic) bond motifs is 1. The molecule has 0 atom stereocenters. The number of nitrogen functional groups attached to an aromatic ring is 1. The van der Waals surface area contributed by atoms with E-state index in [4.69, 9.17) is 20.9 Å². The van der Waals surface area contributed by atoms with Crippen LogP contribution in [0.15, 0.2) is 29.3 Å². The van der Waals surface area contributed by atoms with E-state index in [9.17, 15) is 14.4 Å². The summed E-state index contributed by atoms with van der Waals surface area (Å²) < 4.78 is 12.0. The largest absolute Gasteiger partial charge is 0.491 e. The van der Waals surface area contributed by atoms with Gasteiger partial charge in [0, 0.05) is 18.9 Å². The van der Waals surface area contributed by atoms with Gasteiger partial charge >= 0.3 is 0 Å². The number of hydrogen-bond donors (Lipinski definition) is 3. The SMILES string of the molecule is CCn1c(NC(=O)c2cnc(N)nc2)nc2c(OC)c(OCC(N)=O)ccc2c1=O. The summed E-state index contributed by atoms with van der Waals surface area (Å²) in [6.45, 7) is 1.60. The maximum absolute atomic E-state index is 12.9. The van der Waals surface area contributed by atoms with Gasteiger partial charge in [0.2, 0.25) is 11.9 Å². The predicted molar refractivity (Wildman–Crippen MR) is 107 cm³/mol. The van der Waals surface area contributed by atoms with Crippen molar-refractivity contribution in [1.29, 1.82) is 0 Å². The van der Waals surface area contributed by atoms with Gasteiger partial charge in [0.05, 0.1) is 18.1 Å². The number of rotatable bonds is 7. The summed E-state index contributed by atoms with van der Waals surface area (Å²) in [6, 6.07) is 2.98. The number of nitrogens with one attached hydrogen (secondary N) is 1. The van der Waals surface area contributed by atoms with E-state index < -0.39 is 17.4 Å². The molecule has 30 heavy (non-hydrogen) atoms. The van der Waals surface area contributed by atoms with Crippen LogP contribution in [0.2, 0.25) is 0 Å². The molecule has 0 aliphatic carbocycles. The summed E-state index contributed by atoms with van der Waals surface area (Å²) in [5, 5.41) is 2.82. The summed E-state index contributed by atoms with van der Waals surface area (Å²) in [5.74, 6) is -0.945. The number of nitrogens with zero attached hydrogens (tertiary/aromatic N) is 4. The molecule has 156 valence electrons. The van der Waals surface area contributed by atoms with Crippen LogP contribution in [0.3, 0.4) is 0 Å². The van der Waals surface area contributed by atoms with E-state index >= 15 is 0 Å². The van der Waals surface area contributed by atoms with Gasteiger partial charge in [-0.2, -0.15) is 0 Å². The lowest BCUT2D eigenvalue weighted by Gasteiger charge is -2.15. The number of hydrogen-bond acceptors (Lipinski definition) is 9. The van der Waals surface area contributed by atoms with E-state index in [2.05, 4.69) is 20.3 Å². The smallest absolute Gasteiger partial charge is 0.262 e. The molecule has 3 aromatic rings. The van der Waals surface area contributed by atoms with Crippen molar-refractivity contribution < 1.29 is 19.1 Å².